The zero-order chi connectivity index (χ0) is 24.8. The second kappa shape index (κ2) is 10.6. The minimum atomic E-state index is -0.716. The third-order valence-corrected chi connectivity index (χ3v) is 5.42. The van der Waals surface area contributed by atoms with Gasteiger partial charge in [-0.25, -0.2) is 0 Å². The van der Waals surface area contributed by atoms with E-state index in [1.807, 2.05) is 31.2 Å². The van der Waals surface area contributed by atoms with Crippen molar-refractivity contribution in [2.75, 3.05) is 24.3 Å². The number of benzene rings is 2. The van der Waals surface area contributed by atoms with Gasteiger partial charge in [0.1, 0.15) is 29.1 Å². The number of amides is 1. The number of aromatic amines is 1. The Morgan fingerprint density at radius 2 is 1.76 bits per heavy atom. The lowest BCUT2D eigenvalue weighted by atomic mass is 9.96. The molecule has 1 aromatic heterocycles. The maximum Gasteiger partial charge on any atom is 0.268 e. The fourth-order valence-corrected chi connectivity index (χ4v) is 3.72. The summed E-state index contributed by atoms with van der Waals surface area (Å²) in [6, 6.07) is 14.2. The summed E-state index contributed by atoms with van der Waals surface area (Å²) >= 11 is 3.40. The van der Waals surface area contributed by atoms with Crippen molar-refractivity contribution >= 4 is 33.3 Å². The van der Waals surface area contributed by atoms with E-state index in [4.69, 9.17) is 15.2 Å². The number of carbonyl (C=O) groups is 1. The van der Waals surface area contributed by atoms with E-state index in [0.717, 1.165) is 5.56 Å². The average molecular weight is 522 g/mol. The third-order valence-electron chi connectivity index (χ3n) is 4.76. The van der Waals surface area contributed by atoms with E-state index in [1.54, 1.807) is 25.1 Å². The minimum absolute atomic E-state index is 0.0505. The largest absolute Gasteiger partial charge is 0.490 e. The summed E-state index contributed by atoms with van der Waals surface area (Å²) in [5.74, 6) is -0.00584. The number of carbonyl (C=O) groups excluding carboxylic acids is 1. The molecule has 172 valence electrons. The molecule has 3 rings (SSSR count). The number of nitrogens with two attached hydrogens (primary N) is 1. The maximum atomic E-state index is 12.3. The number of ether oxygens (including phenoxy) is 2. The molecule has 9 nitrogen and oxygen atoms in total. The molecule has 0 aliphatic rings. The van der Waals surface area contributed by atoms with Gasteiger partial charge in [-0.3, -0.25) is 9.59 Å². The first kappa shape index (κ1) is 24.4. The van der Waals surface area contributed by atoms with Crippen molar-refractivity contribution in [1.29, 1.82) is 10.5 Å². The zero-order valence-electron chi connectivity index (χ0n) is 18.4. The van der Waals surface area contributed by atoms with E-state index in [-0.39, 0.29) is 53.1 Å². The molecule has 10 heteroatoms. The number of hydrogen-bond donors (Lipinski definition) is 3. The third kappa shape index (κ3) is 5.20. The number of nitriles is 2. The highest BCUT2D eigenvalue weighted by molar-refractivity contribution is 9.10. The molecule has 34 heavy (non-hydrogen) atoms. The number of aromatic nitrogens is 1. The number of aryl methyl sites for hydroxylation is 1. The number of nitrogen functional groups attached to an aromatic ring is 1. The first-order valence-corrected chi connectivity index (χ1v) is 10.9. The van der Waals surface area contributed by atoms with Crippen molar-refractivity contribution in [3.8, 4) is 34.8 Å². The van der Waals surface area contributed by atoms with Gasteiger partial charge in [0.2, 0.25) is 0 Å². The van der Waals surface area contributed by atoms with Gasteiger partial charge in [-0.1, -0.05) is 33.6 Å². The number of H-pyrrole nitrogens is 1. The van der Waals surface area contributed by atoms with Gasteiger partial charge >= 0.3 is 0 Å². The molecule has 0 aliphatic heterocycles. The number of nitrogens with zero attached hydrogens (tertiary/aromatic N) is 2. The van der Waals surface area contributed by atoms with Crippen LogP contribution in [-0.2, 0) is 4.79 Å². The van der Waals surface area contributed by atoms with E-state index in [0.29, 0.717) is 15.7 Å². The van der Waals surface area contributed by atoms with E-state index in [2.05, 4.69) is 26.2 Å². The molecule has 0 saturated heterocycles. The predicted octanol–water partition coefficient (Wildman–Crippen LogP) is 3.85. The van der Waals surface area contributed by atoms with Crippen LogP contribution >= 0.6 is 15.9 Å². The van der Waals surface area contributed by atoms with Gasteiger partial charge in [-0.2, -0.15) is 10.5 Å². The van der Waals surface area contributed by atoms with Gasteiger partial charge < -0.3 is 25.5 Å². The molecule has 0 aliphatic carbocycles. The minimum Gasteiger partial charge on any atom is -0.490 e. The fraction of sp³-hybridized carbons (Fsp3) is 0.167. The second-order valence-corrected chi connectivity index (χ2v) is 7.99. The second-order valence-electron chi connectivity index (χ2n) is 7.13. The monoisotopic (exact) mass is 521 g/mol. The van der Waals surface area contributed by atoms with Crippen LogP contribution < -0.4 is 26.1 Å². The van der Waals surface area contributed by atoms with Crippen LogP contribution in [0, 0.1) is 29.6 Å². The van der Waals surface area contributed by atoms with Crippen LogP contribution in [0.4, 0.5) is 11.5 Å². The van der Waals surface area contributed by atoms with E-state index in [9.17, 15) is 20.1 Å². The van der Waals surface area contributed by atoms with Gasteiger partial charge in [0.25, 0.3) is 11.5 Å². The Morgan fingerprint density at radius 3 is 2.38 bits per heavy atom. The molecule has 0 spiro atoms. The summed E-state index contributed by atoms with van der Waals surface area (Å²) in [6.45, 7) is 3.71. The number of hydrogen-bond acceptors (Lipinski definition) is 7. The van der Waals surface area contributed by atoms with Crippen molar-refractivity contribution in [3.63, 3.8) is 0 Å². The first-order chi connectivity index (χ1) is 16.3. The summed E-state index contributed by atoms with van der Waals surface area (Å²) in [7, 11) is 0. The molecular formula is C24H20BrN5O4. The Morgan fingerprint density at radius 1 is 1.12 bits per heavy atom. The summed E-state index contributed by atoms with van der Waals surface area (Å²) in [6.07, 6.45) is 0. The van der Waals surface area contributed by atoms with E-state index < -0.39 is 5.56 Å². The Hall–Kier alpha value is -4.28. The SMILES string of the molecule is CCOc1cc(-c2c(C#N)c(N)[nH]c(=O)c2C#N)c(Br)cc1OCC(=O)Nc1ccc(C)cc1. The number of anilines is 2. The molecule has 0 radical (unpaired) electrons. The summed E-state index contributed by atoms with van der Waals surface area (Å²) in [4.78, 5) is 26.9. The number of pyridine rings is 1. The Labute approximate surface area is 203 Å². The fourth-order valence-electron chi connectivity index (χ4n) is 3.20. The summed E-state index contributed by atoms with van der Waals surface area (Å²) in [5, 5.41) is 21.9. The van der Waals surface area contributed by atoms with Crippen molar-refractivity contribution in [3.05, 3.63) is 67.9 Å². The lowest BCUT2D eigenvalue weighted by molar-refractivity contribution is -0.118. The van der Waals surface area contributed by atoms with Crippen LogP contribution in [0.2, 0.25) is 0 Å². The maximum absolute atomic E-state index is 12.3. The highest BCUT2D eigenvalue weighted by Gasteiger charge is 2.22. The Balaban J connectivity index is 1.97. The molecule has 0 bridgehead atoms. The van der Waals surface area contributed by atoms with Gasteiger partial charge in [0.15, 0.2) is 18.1 Å². The summed E-state index contributed by atoms with van der Waals surface area (Å²) in [5.41, 5.74) is 6.91. The molecule has 1 amide bonds. The molecule has 4 N–H and O–H groups in total. The molecule has 0 saturated carbocycles. The van der Waals surface area contributed by atoms with Crippen LogP contribution in [0.1, 0.15) is 23.6 Å². The van der Waals surface area contributed by atoms with Crippen LogP contribution in [0.15, 0.2) is 45.7 Å². The number of halogens is 1. The van der Waals surface area contributed by atoms with Crippen molar-refractivity contribution in [1.82, 2.24) is 4.98 Å². The highest BCUT2D eigenvalue weighted by Crippen LogP contribution is 2.41. The van der Waals surface area contributed by atoms with Crippen LogP contribution in [-0.4, -0.2) is 24.1 Å². The van der Waals surface area contributed by atoms with Crippen LogP contribution in [0.25, 0.3) is 11.1 Å². The highest BCUT2D eigenvalue weighted by atomic mass is 79.9. The Kier molecular flexibility index (Phi) is 7.57. The normalized spacial score (nSPS) is 10.1. The standard InChI is InChI=1S/C24H20BrN5O4/c1-3-33-19-8-15(22-16(10-26)23(28)30-24(32)17(22)11-27)18(25)9-20(19)34-12-21(31)29-14-6-4-13(2)5-7-14/h4-9H,3,12H2,1-2H3,(H,29,31)(H3,28,30,32). The van der Waals surface area contributed by atoms with Gasteiger partial charge in [0.05, 0.1) is 6.61 Å². The number of rotatable bonds is 7. The van der Waals surface area contributed by atoms with E-state index >= 15 is 0 Å². The first-order valence-electron chi connectivity index (χ1n) is 10.1. The molecular weight excluding hydrogens is 502 g/mol. The lowest BCUT2D eigenvalue weighted by Crippen LogP contribution is -2.20. The van der Waals surface area contributed by atoms with Crippen molar-refractivity contribution < 1.29 is 14.3 Å². The molecule has 3 aromatic rings. The van der Waals surface area contributed by atoms with Crippen LogP contribution in [0.3, 0.4) is 0 Å². The average Bonchev–Trinajstić information content (AvgIpc) is 2.80. The van der Waals surface area contributed by atoms with Crippen molar-refractivity contribution in [2.45, 2.75) is 13.8 Å². The molecule has 0 fully saturated rings. The molecule has 1 heterocycles. The molecule has 2 aromatic carbocycles. The van der Waals surface area contributed by atoms with Gasteiger partial charge in [-0.05, 0) is 38.1 Å². The van der Waals surface area contributed by atoms with Crippen LogP contribution in [0.5, 0.6) is 11.5 Å². The smallest absolute Gasteiger partial charge is 0.268 e. The van der Waals surface area contributed by atoms with E-state index in [1.165, 1.54) is 6.07 Å². The van der Waals surface area contributed by atoms with Gasteiger partial charge in [0, 0.05) is 21.3 Å². The molecule has 0 unspecified atom stereocenters. The molecule has 0 atom stereocenters. The predicted molar refractivity (Wildman–Crippen MR) is 131 cm³/mol. The zero-order valence-corrected chi connectivity index (χ0v) is 19.9. The topological polar surface area (TPSA) is 154 Å². The Bertz CT molecular complexity index is 1380. The summed E-state index contributed by atoms with van der Waals surface area (Å²) < 4.78 is 11.8. The lowest BCUT2D eigenvalue weighted by Gasteiger charge is -2.16. The van der Waals surface area contributed by atoms with Crippen molar-refractivity contribution in [2.24, 2.45) is 0 Å². The number of nitrogens with one attached hydrogen (secondary N) is 2. The van der Waals surface area contributed by atoms with Gasteiger partial charge in [-0.15, -0.1) is 0 Å². The quantitative estimate of drug-likeness (QED) is 0.426.